The van der Waals surface area contributed by atoms with Gasteiger partial charge in [-0.3, -0.25) is 14.7 Å². The van der Waals surface area contributed by atoms with Gasteiger partial charge in [0.1, 0.15) is 11.3 Å². The summed E-state index contributed by atoms with van der Waals surface area (Å²) in [5, 5.41) is 9.57. The fraction of sp³-hybridized carbons (Fsp3) is 0.304. The third-order valence-electron chi connectivity index (χ3n) is 4.60. The van der Waals surface area contributed by atoms with Crippen molar-refractivity contribution in [2.75, 3.05) is 13.2 Å². The molecule has 2 aliphatic rings. The van der Waals surface area contributed by atoms with Crippen LogP contribution >= 0.6 is 39.0 Å². The fourth-order valence-electron chi connectivity index (χ4n) is 3.26. The van der Waals surface area contributed by atoms with E-state index in [4.69, 9.17) is 9.84 Å². The zero-order valence-electron chi connectivity index (χ0n) is 18.4. The van der Waals surface area contributed by atoms with Gasteiger partial charge in [0.15, 0.2) is 5.17 Å². The van der Waals surface area contributed by atoms with Gasteiger partial charge >= 0.3 is 5.97 Å². The van der Waals surface area contributed by atoms with E-state index >= 15 is 0 Å². The number of amidine groups is 1. The van der Waals surface area contributed by atoms with E-state index in [0.717, 1.165) is 15.0 Å². The van der Waals surface area contributed by atoms with Crippen molar-refractivity contribution in [3.05, 3.63) is 62.4 Å². The van der Waals surface area contributed by atoms with E-state index in [1.807, 2.05) is 41.8 Å². The van der Waals surface area contributed by atoms with Gasteiger partial charge in [0.05, 0.1) is 23.6 Å². The van der Waals surface area contributed by atoms with Gasteiger partial charge in [-0.25, -0.2) is 9.79 Å². The normalized spacial score (nSPS) is 19.8. The molecule has 1 saturated heterocycles. The number of aliphatic hydroxyl groups excluding tert-OH is 1. The van der Waals surface area contributed by atoms with Crippen molar-refractivity contribution in [1.29, 1.82) is 0 Å². The number of thiophene rings is 1. The Morgan fingerprint density at radius 1 is 1.30 bits per heavy atom. The third-order valence-corrected chi connectivity index (χ3v) is 7.13. The number of fused-ring (bicyclic) bond motifs is 1. The largest absolute Gasteiger partial charge is 0.463 e. The monoisotopic (exact) mass is 549 g/mol. The van der Waals surface area contributed by atoms with E-state index < -0.39 is 17.3 Å². The van der Waals surface area contributed by atoms with Gasteiger partial charge in [-0.1, -0.05) is 33.8 Å². The van der Waals surface area contributed by atoms with Crippen molar-refractivity contribution in [2.45, 2.75) is 32.1 Å². The Labute approximate surface area is 209 Å². The van der Waals surface area contributed by atoms with Crippen LogP contribution in [-0.2, 0) is 14.3 Å². The van der Waals surface area contributed by atoms with E-state index in [1.54, 1.807) is 31.9 Å². The summed E-state index contributed by atoms with van der Waals surface area (Å²) in [7, 11) is 0. The van der Waals surface area contributed by atoms with Crippen LogP contribution in [0.2, 0.25) is 0 Å². The predicted molar refractivity (Wildman–Crippen MR) is 137 cm³/mol. The van der Waals surface area contributed by atoms with Gasteiger partial charge in [0.2, 0.25) is 5.91 Å². The number of ether oxygens (including phenoxy) is 1. The number of hydrogen-bond donors (Lipinski definition) is 1. The molecule has 2 unspecified atom stereocenters. The van der Waals surface area contributed by atoms with Crippen molar-refractivity contribution in [3.8, 4) is 0 Å². The van der Waals surface area contributed by atoms with Gasteiger partial charge in [0.25, 0.3) is 0 Å². The van der Waals surface area contributed by atoms with Gasteiger partial charge < -0.3 is 9.84 Å². The molecule has 0 saturated carbocycles. The van der Waals surface area contributed by atoms with Crippen LogP contribution in [0.25, 0.3) is 0 Å². The summed E-state index contributed by atoms with van der Waals surface area (Å²) in [6, 6.07) is 10.8. The predicted octanol–water partition coefficient (Wildman–Crippen LogP) is 5.10. The Bertz CT molecular complexity index is 1080. The molecule has 3 heterocycles. The van der Waals surface area contributed by atoms with E-state index in [1.165, 1.54) is 23.1 Å². The zero-order chi connectivity index (χ0) is 24.0. The number of carbonyl (C=O) groups excluding carboxylic acids is 2. The fourth-order valence-corrected chi connectivity index (χ4v) is 5.41. The molecule has 1 aromatic heterocycles. The summed E-state index contributed by atoms with van der Waals surface area (Å²) in [6.07, 6.45) is 1.64. The second kappa shape index (κ2) is 11.7. The first-order valence-corrected chi connectivity index (χ1v) is 12.9. The summed E-state index contributed by atoms with van der Waals surface area (Å²) >= 11 is 6.24. The molecule has 1 amide bonds. The number of hydrogen-bond acceptors (Lipinski definition) is 8. The molecule has 0 bridgehead atoms. The second-order valence-electron chi connectivity index (χ2n) is 6.85. The van der Waals surface area contributed by atoms with Gasteiger partial charge in [-0.2, -0.15) is 0 Å². The number of thioether (sulfide) groups is 1. The minimum Gasteiger partial charge on any atom is -0.463 e. The first-order chi connectivity index (χ1) is 15.9. The number of halogens is 1. The van der Waals surface area contributed by atoms with Crippen LogP contribution in [0.1, 0.15) is 31.7 Å². The average molecular weight is 551 g/mol. The maximum atomic E-state index is 13.3. The molecule has 0 spiro atoms. The van der Waals surface area contributed by atoms with Crippen molar-refractivity contribution in [1.82, 2.24) is 4.90 Å². The summed E-state index contributed by atoms with van der Waals surface area (Å²) in [5.41, 5.74) is 1.74. The lowest BCUT2D eigenvalue weighted by Crippen LogP contribution is -2.40. The molecule has 1 N–H and O–H groups in total. The molecule has 174 valence electrons. The Morgan fingerprint density at radius 3 is 2.61 bits per heavy atom. The number of amides is 1. The van der Waals surface area contributed by atoms with Gasteiger partial charge in [-0.15, -0.1) is 11.3 Å². The van der Waals surface area contributed by atoms with Crippen LogP contribution in [0.4, 0.5) is 5.69 Å². The number of nitrogens with zero attached hydrogens (tertiary/aromatic N) is 3. The Hall–Kier alpha value is -2.27. The lowest BCUT2D eigenvalue weighted by molar-refractivity contribution is -0.139. The van der Waals surface area contributed by atoms with Crippen LogP contribution in [0.3, 0.4) is 0 Å². The lowest BCUT2D eigenvalue weighted by Gasteiger charge is -2.31. The quantitative estimate of drug-likeness (QED) is 0.413. The molecule has 2 atom stereocenters. The van der Waals surface area contributed by atoms with Crippen LogP contribution in [0.15, 0.2) is 67.5 Å². The smallest absolute Gasteiger partial charge is 0.338 e. The molecule has 33 heavy (non-hydrogen) atoms. The first kappa shape index (κ1) is 25.4. The molecule has 2 aliphatic heterocycles. The molecule has 1 fully saturated rings. The first-order valence-electron chi connectivity index (χ1n) is 10.3. The highest BCUT2D eigenvalue weighted by molar-refractivity contribution is 9.10. The summed E-state index contributed by atoms with van der Waals surface area (Å²) < 4.78 is 6.23. The molecule has 10 heteroatoms. The number of rotatable bonds is 5. The van der Waals surface area contributed by atoms with Gasteiger partial charge in [-0.05, 0) is 56.5 Å². The second-order valence-corrected chi connectivity index (χ2v) is 9.85. The van der Waals surface area contributed by atoms with Crippen LogP contribution in [0, 0.1) is 0 Å². The summed E-state index contributed by atoms with van der Waals surface area (Å²) in [5.74, 6) is -0.590. The molecule has 4 rings (SSSR count). The molecule has 2 aromatic rings. The molecule has 1 aromatic carbocycles. The molecular formula is C23H24BrN3O4S2. The van der Waals surface area contributed by atoms with Crippen molar-refractivity contribution < 1.29 is 19.4 Å². The highest BCUT2D eigenvalue weighted by Gasteiger charge is 2.47. The minimum absolute atomic E-state index is 0.146. The van der Waals surface area contributed by atoms with E-state index in [-0.39, 0.29) is 19.1 Å². The number of benzene rings is 1. The number of aliphatic imine (C=N–C) groups is 2. The Kier molecular flexibility index (Phi) is 9.02. The molecule has 7 nitrogen and oxygen atoms in total. The van der Waals surface area contributed by atoms with E-state index in [2.05, 4.69) is 25.9 Å². The topological polar surface area (TPSA) is 91.6 Å². The van der Waals surface area contributed by atoms with Gasteiger partial charge in [0, 0.05) is 22.2 Å². The third kappa shape index (κ3) is 5.81. The van der Waals surface area contributed by atoms with Crippen molar-refractivity contribution in [3.63, 3.8) is 0 Å². The number of carbonyl (C=O) groups is 2. The highest BCUT2D eigenvalue weighted by atomic mass is 79.9. The van der Waals surface area contributed by atoms with Crippen molar-refractivity contribution >= 4 is 68.0 Å². The van der Waals surface area contributed by atoms with E-state index in [9.17, 15) is 9.59 Å². The Morgan fingerprint density at radius 2 is 2.00 bits per heavy atom. The maximum Gasteiger partial charge on any atom is 0.338 e. The summed E-state index contributed by atoms with van der Waals surface area (Å²) in [4.78, 5) is 37.5. The van der Waals surface area contributed by atoms with Crippen molar-refractivity contribution in [2.24, 2.45) is 9.98 Å². The number of aliphatic hydroxyl groups is 1. The minimum atomic E-state index is -0.539. The van der Waals surface area contributed by atoms with Crippen LogP contribution < -0.4 is 0 Å². The maximum absolute atomic E-state index is 13.3. The van der Waals surface area contributed by atoms with E-state index in [0.29, 0.717) is 16.4 Å². The number of allylic oxidation sites excluding steroid dienone is 1. The van der Waals surface area contributed by atoms with Crippen LogP contribution in [0.5, 0.6) is 0 Å². The average Bonchev–Trinajstić information content (AvgIpc) is 3.42. The highest BCUT2D eigenvalue weighted by Crippen LogP contribution is 2.44. The molecule has 0 radical (unpaired) electrons. The summed E-state index contributed by atoms with van der Waals surface area (Å²) in [6.45, 7) is 5.73. The Balaban J connectivity index is 0.000000968. The lowest BCUT2D eigenvalue weighted by atomic mass is 10.00. The molecular weight excluding hydrogens is 526 g/mol. The standard InChI is InChI=1S/C21H18BrN3O3S2.C2H6O/c1-3-28-20(27)17-12(2)24-21-25(18(17)15-5-4-10-29-15)19(26)16(30-21)11-23-14-8-6-13(22)7-9-14;1-2-3/h4-11,16,18H,3H2,1-2H3;3H,2H2,1H3. The number of esters is 1. The zero-order valence-corrected chi connectivity index (χ0v) is 21.6. The SMILES string of the molecule is CCO.CCOC(=O)C1=C(C)N=C2SC(C=Nc3ccc(Br)cc3)C(=O)N2C1c1cccs1. The molecule has 0 aliphatic carbocycles. The van der Waals surface area contributed by atoms with Crippen LogP contribution in [-0.4, -0.2) is 51.7 Å².